The highest BCUT2D eigenvalue weighted by atomic mass is 35.5. The van der Waals surface area contributed by atoms with Gasteiger partial charge in [0.15, 0.2) is 11.6 Å². The maximum Gasteiger partial charge on any atom is 0.160 e. The van der Waals surface area contributed by atoms with Gasteiger partial charge in [0, 0.05) is 20.3 Å². The van der Waals surface area contributed by atoms with Gasteiger partial charge in [-0.15, -0.1) is 11.3 Å². The van der Waals surface area contributed by atoms with Gasteiger partial charge in [-0.1, -0.05) is 11.6 Å². The molecule has 1 N–H and O–H groups in total. The monoisotopic (exact) mass is 314 g/mol. The van der Waals surface area contributed by atoms with Crippen molar-refractivity contribution in [2.24, 2.45) is 0 Å². The molecule has 20 heavy (non-hydrogen) atoms. The maximum atomic E-state index is 13.3. The van der Waals surface area contributed by atoms with Crippen molar-refractivity contribution >= 4 is 22.9 Å². The van der Waals surface area contributed by atoms with Gasteiger partial charge in [-0.05, 0) is 49.4 Å². The average molecular weight is 315 g/mol. The van der Waals surface area contributed by atoms with Crippen LogP contribution in [0.1, 0.15) is 39.8 Å². The molecule has 0 spiro atoms. The number of rotatable bonds is 2. The number of benzene rings is 1. The summed E-state index contributed by atoms with van der Waals surface area (Å²) in [4.78, 5) is 2.02. The highest BCUT2D eigenvalue weighted by molar-refractivity contribution is 7.12. The third-order valence-electron chi connectivity index (χ3n) is 3.62. The second-order valence-corrected chi connectivity index (χ2v) is 6.57. The van der Waals surface area contributed by atoms with E-state index in [1.165, 1.54) is 21.8 Å². The van der Waals surface area contributed by atoms with Gasteiger partial charge in [-0.25, -0.2) is 8.78 Å². The van der Waals surface area contributed by atoms with Crippen LogP contribution in [0.3, 0.4) is 0 Å². The van der Waals surface area contributed by atoms with Crippen molar-refractivity contribution in [3.63, 3.8) is 0 Å². The van der Waals surface area contributed by atoms with E-state index in [1.807, 2.05) is 6.07 Å². The molecule has 1 unspecified atom stereocenters. The molecule has 1 aliphatic rings. The van der Waals surface area contributed by atoms with Crippen LogP contribution in [0, 0.1) is 11.6 Å². The van der Waals surface area contributed by atoms with Crippen LogP contribution in [-0.4, -0.2) is 5.11 Å². The van der Waals surface area contributed by atoms with E-state index in [4.69, 9.17) is 11.6 Å². The predicted molar refractivity (Wildman–Crippen MR) is 76.4 cm³/mol. The smallest absolute Gasteiger partial charge is 0.160 e. The molecule has 5 heteroatoms. The Balaban J connectivity index is 1.98. The quantitative estimate of drug-likeness (QED) is 0.801. The van der Waals surface area contributed by atoms with E-state index in [2.05, 4.69) is 0 Å². The Morgan fingerprint density at radius 2 is 1.80 bits per heavy atom. The molecule has 1 heterocycles. The van der Waals surface area contributed by atoms with Gasteiger partial charge in [0.2, 0.25) is 0 Å². The van der Waals surface area contributed by atoms with Crippen molar-refractivity contribution in [2.45, 2.75) is 31.8 Å². The van der Waals surface area contributed by atoms with E-state index in [0.29, 0.717) is 0 Å². The number of aryl methyl sites for hydroxylation is 2. The van der Waals surface area contributed by atoms with Gasteiger partial charge in [0.05, 0.1) is 0 Å². The van der Waals surface area contributed by atoms with Gasteiger partial charge < -0.3 is 5.11 Å². The van der Waals surface area contributed by atoms with Gasteiger partial charge in [0.25, 0.3) is 0 Å². The number of aliphatic hydroxyl groups is 1. The molecule has 2 aromatic rings. The Morgan fingerprint density at radius 3 is 2.55 bits per heavy atom. The summed E-state index contributed by atoms with van der Waals surface area (Å²) in [6.45, 7) is 0. The molecule has 1 nitrogen and oxygen atoms in total. The number of aliphatic hydroxyl groups excluding tert-OH is 1. The normalized spacial score (nSPS) is 16.0. The number of thiophene rings is 1. The van der Waals surface area contributed by atoms with E-state index >= 15 is 0 Å². The molecule has 0 radical (unpaired) electrons. The van der Waals surface area contributed by atoms with Gasteiger partial charge in [-0.3, -0.25) is 0 Å². The standard InChI is InChI=1S/C15H13ClF2OS/c16-10-7-12(18)11(17)6-9(10)15(19)14-5-8-3-1-2-4-13(8)20-14/h5-7,15,19H,1-4H2. The first-order chi connectivity index (χ1) is 9.56. The largest absolute Gasteiger partial charge is 0.383 e. The van der Waals surface area contributed by atoms with E-state index < -0.39 is 17.7 Å². The Labute approximate surface area is 124 Å². The number of fused-ring (bicyclic) bond motifs is 1. The summed E-state index contributed by atoms with van der Waals surface area (Å²) in [5.41, 5.74) is 1.47. The van der Waals surface area contributed by atoms with Crippen LogP contribution in [0.4, 0.5) is 8.78 Å². The maximum absolute atomic E-state index is 13.3. The predicted octanol–water partition coefficient (Wildman–Crippen LogP) is 4.64. The number of hydrogen-bond donors (Lipinski definition) is 1. The van der Waals surface area contributed by atoms with Crippen molar-refractivity contribution in [3.8, 4) is 0 Å². The third kappa shape index (κ3) is 2.48. The average Bonchev–Trinajstić information content (AvgIpc) is 2.86. The fourth-order valence-electron chi connectivity index (χ4n) is 2.55. The zero-order chi connectivity index (χ0) is 14.3. The van der Waals surface area contributed by atoms with Crippen LogP contribution in [0.25, 0.3) is 0 Å². The van der Waals surface area contributed by atoms with Crippen molar-refractivity contribution in [1.29, 1.82) is 0 Å². The van der Waals surface area contributed by atoms with Crippen LogP contribution in [0.2, 0.25) is 5.02 Å². The zero-order valence-electron chi connectivity index (χ0n) is 10.6. The number of hydrogen-bond acceptors (Lipinski definition) is 2. The summed E-state index contributed by atoms with van der Waals surface area (Å²) in [5.74, 6) is -2.00. The summed E-state index contributed by atoms with van der Waals surface area (Å²) in [7, 11) is 0. The summed E-state index contributed by atoms with van der Waals surface area (Å²) < 4.78 is 26.4. The topological polar surface area (TPSA) is 20.2 Å². The molecule has 0 fully saturated rings. The van der Waals surface area contributed by atoms with Crippen LogP contribution in [0.15, 0.2) is 18.2 Å². The minimum Gasteiger partial charge on any atom is -0.383 e. The molecule has 0 aliphatic heterocycles. The summed E-state index contributed by atoms with van der Waals surface area (Å²) in [5, 5.41) is 10.4. The first-order valence-corrected chi connectivity index (χ1v) is 7.69. The molecule has 0 amide bonds. The lowest BCUT2D eigenvalue weighted by Gasteiger charge is -2.11. The SMILES string of the molecule is OC(c1cc2c(s1)CCCC2)c1cc(F)c(F)cc1Cl. The van der Waals surface area contributed by atoms with E-state index in [-0.39, 0.29) is 10.6 Å². The van der Waals surface area contributed by atoms with Crippen LogP contribution in [-0.2, 0) is 12.8 Å². The molecule has 1 aromatic carbocycles. The highest BCUT2D eigenvalue weighted by Crippen LogP contribution is 2.37. The molecule has 106 valence electrons. The summed E-state index contributed by atoms with van der Waals surface area (Å²) >= 11 is 7.44. The van der Waals surface area contributed by atoms with Crippen LogP contribution < -0.4 is 0 Å². The first kappa shape index (κ1) is 14.0. The van der Waals surface area contributed by atoms with Crippen molar-refractivity contribution in [2.75, 3.05) is 0 Å². The molecular weight excluding hydrogens is 302 g/mol. The molecule has 0 saturated heterocycles. The fourth-order valence-corrected chi connectivity index (χ4v) is 4.07. The molecule has 0 bridgehead atoms. The van der Waals surface area contributed by atoms with Crippen LogP contribution in [0.5, 0.6) is 0 Å². The van der Waals surface area contributed by atoms with E-state index in [1.54, 1.807) is 0 Å². The Kier molecular flexibility index (Phi) is 3.80. The van der Waals surface area contributed by atoms with Crippen molar-refractivity contribution < 1.29 is 13.9 Å². The third-order valence-corrected chi connectivity index (χ3v) is 5.24. The first-order valence-electron chi connectivity index (χ1n) is 6.50. The molecule has 1 atom stereocenters. The van der Waals surface area contributed by atoms with E-state index in [0.717, 1.165) is 42.7 Å². The lowest BCUT2D eigenvalue weighted by Crippen LogP contribution is -2.00. The lowest BCUT2D eigenvalue weighted by molar-refractivity contribution is 0.223. The molecular formula is C15H13ClF2OS. The Hall–Kier alpha value is -0.970. The lowest BCUT2D eigenvalue weighted by atomic mass is 9.98. The Morgan fingerprint density at radius 1 is 1.10 bits per heavy atom. The fraction of sp³-hybridized carbons (Fsp3) is 0.333. The molecule has 1 aromatic heterocycles. The molecule has 1 aliphatic carbocycles. The van der Waals surface area contributed by atoms with E-state index in [9.17, 15) is 13.9 Å². The molecule has 0 saturated carbocycles. The summed E-state index contributed by atoms with van der Waals surface area (Å²) in [6, 6.07) is 3.84. The second-order valence-electron chi connectivity index (χ2n) is 4.99. The summed E-state index contributed by atoms with van der Waals surface area (Å²) in [6.07, 6.45) is 3.36. The minimum absolute atomic E-state index is 0.0442. The van der Waals surface area contributed by atoms with Gasteiger partial charge >= 0.3 is 0 Å². The minimum atomic E-state index is -1.01. The Bertz CT molecular complexity index is 630. The van der Waals surface area contributed by atoms with Gasteiger partial charge in [0.1, 0.15) is 6.10 Å². The number of halogens is 3. The van der Waals surface area contributed by atoms with Crippen LogP contribution >= 0.6 is 22.9 Å². The highest BCUT2D eigenvalue weighted by Gasteiger charge is 2.22. The second kappa shape index (κ2) is 5.43. The zero-order valence-corrected chi connectivity index (χ0v) is 12.2. The van der Waals surface area contributed by atoms with Crippen molar-refractivity contribution in [1.82, 2.24) is 0 Å². The molecule has 3 rings (SSSR count). The van der Waals surface area contributed by atoms with Crippen molar-refractivity contribution in [3.05, 3.63) is 55.7 Å². The van der Waals surface area contributed by atoms with Gasteiger partial charge in [-0.2, -0.15) is 0 Å².